The Bertz CT molecular complexity index is 381. The van der Waals surface area contributed by atoms with E-state index in [0.29, 0.717) is 33.0 Å². The third kappa shape index (κ3) is 2.03. The van der Waals surface area contributed by atoms with Crippen molar-refractivity contribution in [2.45, 2.75) is 31.8 Å². The molecule has 0 N–H and O–H groups in total. The predicted octanol–water partition coefficient (Wildman–Crippen LogP) is 0.464. The molecule has 6 nitrogen and oxygen atoms in total. The maximum atomic E-state index is 12.6. The Morgan fingerprint density at radius 3 is 2.74 bits per heavy atom. The Hall–Kier alpha value is -1.14. The second-order valence-electron chi connectivity index (χ2n) is 5.41. The Labute approximate surface area is 112 Å². The number of ether oxygens (including phenoxy) is 2. The summed E-state index contributed by atoms with van der Waals surface area (Å²) in [4.78, 5) is 28.3. The molecule has 3 aliphatic rings. The number of carbonyl (C=O) groups excluding carboxylic acids is 2. The van der Waals surface area contributed by atoms with Crippen molar-refractivity contribution in [3.63, 3.8) is 0 Å². The number of imide groups is 1. The van der Waals surface area contributed by atoms with Gasteiger partial charge in [0.1, 0.15) is 0 Å². The highest BCUT2D eigenvalue weighted by molar-refractivity contribution is 5.99. The summed E-state index contributed by atoms with van der Waals surface area (Å²) in [5, 5.41) is 0. The molecule has 0 saturated carbocycles. The first-order valence-corrected chi connectivity index (χ1v) is 7.03. The van der Waals surface area contributed by atoms with E-state index in [2.05, 4.69) is 0 Å². The van der Waals surface area contributed by atoms with E-state index in [4.69, 9.17) is 9.47 Å². The van der Waals surface area contributed by atoms with Crippen LogP contribution in [-0.2, 0) is 14.3 Å². The van der Waals surface area contributed by atoms with Gasteiger partial charge in [0.25, 0.3) is 0 Å². The highest BCUT2D eigenvalue weighted by atomic mass is 16.5. The van der Waals surface area contributed by atoms with Crippen molar-refractivity contribution in [3.8, 4) is 0 Å². The van der Waals surface area contributed by atoms with E-state index in [9.17, 15) is 9.59 Å². The zero-order valence-corrected chi connectivity index (χ0v) is 11.2. The molecule has 0 aliphatic carbocycles. The second-order valence-corrected chi connectivity index (χ2v) is 5.41. The Morgan fingerprint density at radius 2 is 2.05 bits per heavy atom. The molecule has 3 aliphatic heterocycles. The van der Waals surface area contributed by atoms with Crippen molar-refractivity contribution < 1.29 is 19.1 Å². The van der Waals surface area contributed by atoms with Gasteiger partial charge in [0.2, 0.25) is 5.91 Å². The first kappa shape index (κ1) is 12.9. The van der Waals surface area contributed by atoms with E-state index in [1.165, 1.54) is 4.90 Å². The molecule has 0 aromatic rings. The summed E-state index contributed by atoms with van der Waals surface area (Å²) in [6, 6.07) is -0.325. The lowest BCUT2D eigenvalue weighted by atomic mass is 9.96. The molecule has 3 saturated heterocycles. The predicted molar refractivity (Wildman–Crippen MR) is 66.6 cm³/mol. The number of urea groups is 1. The van der Waals surface area contributed by atoms with Crippen LogP contribution in [0.3, 0.4) is 0 Å². The summed E-state index contributed by atoms with van der Waals surface area (Å²) < 4.78 is 10.7. The molecule has 0 aromatic heterocycles. The van der Waals surface area contributed by atoms with Crippen molar-refractivity contribution >= 4 is 11.9 Å². The molecule has 106 valence electrons. The van der Waals surface area contributed by atoms with Gasteiger partial charge in [-0.2, -0.15) is 0 Å². The van der Waals surface area contributed by atoms with Crippen molar-refractivity contribution in [1.82, 2.24) is 9.80 Å². The van der Waals surface area contributed by atoms with Gasteiger partial charge in [-0.25, -0.2) is 4.79 Å². The van der Waals surface area contributed by atoms with Crippen LogP contribution in [0, 0.1) is 5.92 Å². The zero-order valence-electron chi connectivity index (χ0n) is 11.2. The Balaban J connectivity index is 1.86. The summed E-state index contributed by atoms with van der Waals surface area (Å²) in [5.74, 6) is -0.264. The van der Waals surface area contributed by atoms with Crippen LogP contribution < -0.4 is 0 Å². The van der Waals surface area contributed by atoms with Crippen molar-refractivity contribution in [3.05, 3.63) is 0 Å². The average Bonchev–Trinajstić information content (AvgIpc) is 3.05. The van der Waals surface area contributed by atoms with Crippen LogP contribution in [0.25, 0.3) is 0 Å². The number of fused-ring (bicyclic) bond motifs is 1. The number of carbonyl (C=O) groups is 2. The fourth-order valence-electron chi connectivity index (χ4n) is 3.20. The molecule has 3 fully saturated rings. The van der Waals surface area contributed by atoms with Crippen LogP contribution in [-0.4, -0.2) is 66.8 Å². The van der Waals surface area contributed by atoms with E-state index in [1.54, 1.807) is 0 Å². The van der Waals surface area contributed by atoms with Gasteiger partial charge in [-0.3, -0.25) is 9.69 Å². The molecule has 3 amide bonds. The van der Waals surface area contributed by atoms with E-state index in [0.717, 1.165) is 12.8 Å². The Morgan fingerprint density at radius 1 is 1.21 bits per heavy atom. The molecule has 3 heterocycles. The van der Waals surface area contributed by atoms with Gasteiger partial charge in [0.15, 0.2) is 0 Å². The van der Waals surface area contributed by atoms with Gasteiger partial charge >= 0.3 is 6.03 Å². The van der Waals surface area contributed by atoms with Crippen molar-refractivity contribution in [2.24, 2.45) is 5.92 Å². The van der Waals surface area contributed by atoms with Crippen LogP contribution >= 0.6 is 0 Å². The monoisotopic (exact) mass is 268 g/mol. The first-order chi connectivity index (χ1) is 9.24. The number of nitrogens with zero attached hydrogens (tertiary/aromatic N) is 2. The lowest BCUT2D eigenvalue weighted by Gasteiger charge is -2.43. The Kier molecular flexibility index (Phi) is 3.45. The number of amides is 3. The third-order valence-corrected chi connectivity index (χ3v) is 4.19. The van der Waals surface area contributed by atoms with Crippen molar-refractivity contribution in [2.75, 3.05) is 33.0 Å². The standard InChI is InChI=1S/C13H20N2O4/c1-2-4-14-11-8-19-7-10(11)12(16)15(13(14)17)9-3-5-18-6-9/h9-11H,2-8H2,1H3. The maximum Gasteiger partial charge on any atom is 0.327 e. The van der Waals surface area contributed by atoms with Gasteiger partial charge in [-0.05, 0) is 12.8 Å². The minimum absolute atomic E-state index is 0.0708. The summed E-state index contributed by atoms with van der Waals surface area (Å²) in [5.41, 5.74) is 0. The first-order valence-electron chi connectivity index (χ1n) is 7.03. The molecule has 0 aromatic carbocycles. The van der Waals surface area contributed by atoms with Crippen LogP contribution in [0.2, 0.25) is 0 Å². The SMILES string of the molecule is CCCN1C(=O)N(C2CCOC2)C(=O)C2COCC21. The molecule has 3 rings (SSSR count). The summed E-state index contributed by atoms with van der Waals surface area (Å²) in [7, 11) is 0. The van der Waals surface area contributed by atoms with E-state index in [-0.39, 0.29) is 29.9 Å². The number of hydrogen-bond acceptors (Lipinski definition) is 4. The minimum Gasteiger partial charge on any atom is -0.379 e. The lowest BCUT2D eigenvalue weighted by Crippen LogP contribution is -2.64. The fraction of sp³-hybridized carbons (Fsp3) is 0.846. The van der Waals surface area contributed by atoms with Gasteiger partial charge in [0.05, 0.1) is 37.8 Å². The number of rotatable bonds is 3. The second kappa shape index (κ2) is 5.09. The van der Waals surface area contributed by atoms with Crippen LogP contribution in [0.1, 0.15) is 19.8 Å². The van der Waals surface area contributed by atoms with Gasteiger partial charge in [-0.15, -0.1) is 0 Å². The summed E-state index contributed by atoms with van der Waals surface area (Å²) in [6.07, 6.45) is 1.63. The smallest absolute Gasteiger partial charge is 0.327 e. The lowest BCUT2D eigenvalue weighted by molar-refractivity contribution is -0.139. The largest absolute Gasteiger partial charge is 0.379 e. The van der Waals surface area contributed by atoms with Crippen LogP contribution in [0.5, 0.6) is 0 Å². The highest BCUT2D eigenvalue weighted by Crippen LogP contribution is 2.31. The molecular weight excluding hydrogens is 248 g/mol. The van der Waals surface area contributed by atoms with Gasteiger partial charge < -0.3 is 14.4 Å². The van der Waals surface area contributed by atoms with E-state index in [1.807, 2.05) is 11.8 Å². The van der Waals surface area contributed by atoms with Crippen molar-refractivity contribution in [1.29, 1.82) is 0 Å². The fourth-order valence-corrected chi connectivity index (χ4v) is 3.20. The summed E-state index contributed by atoms with van der Waals surface area (Å²) in [6.45, 7) is 4.73. The maximum absolute atomic E-state index is 12.6. The quantitative estimate of drug-likeness (QED) is 0.746. The molecule has 3 atom stereocenters. The summed E-state index contributed by atoms with van der Waals surface area (Å²) >= 11 is 0. The van der Waals surface area contributed by atoms with Crippen LogP contribution in [0.4, 0.5) is 4.79 Å². The molecule has 0 radical (unpaired) electrons. The molecule has 0 spiro atoms. The molecule has 3 unspecified atom stereocenters. The normalized spacial score (nSPS) is 35.1. The molecule has 6 heteroatoms. The van der Waals surface area contributed by atoms with Gasteiger partial charge in [-0.1, -0.05) is 6.92 Å². The molecule has 0 bridgehead atoms. The third-order valence-electron chi connectivity index (χ3n) is 4.19. The van der Waals surface area contributed by atoms with E-state index < -0.39 is 0 Å². The number of hydrogen-bond donors (Lipinski definition) is 0. The highest BCUT2D eigenvalue weighted by Gasteiger charge is 2.51. The molecule has 19 heavy (non-hydrogen) atoms. The van der Waals surface area contributed by atoms with Gasteiger partial charge in [0, 0.05) is 13.2 Å². The zero-order chi connectivity index (χ0) is 13.4. The van der Waals surface area contributed by atoms with Crippen LogP contribution in [0.15, 0.2) is 0 Å². The molecular formula is C13H20N2O4. The topological polar surface area (TPSA) is 59.1 Å². The minimum atomic E-state index is -0.190. The van der Waals surface area contributed by atoms with E-state index >= 15 is 0 Å². The average molecular weight is 268 g/mol.